The van der Waals surface area contributed by atoms with Crippen molar-refractivity contribution >= 4 is 23.7 Å². The van der Waals surface area contributed by atoms with E-state index in [1.54, 1.807) is 62.6 Å². The third-order valence-electron chi connectivity index (χ3n) is 4.61. The van der Waals surface area contributed by atoms with Crippen LogP contribution in [0.15, 0.2) is 54.1 Å². The maximum atomic E-state index is 12.8. The topological polar surface area (TPSA) is 103 Å². The summed E-state index contributed by atoms with van der Waals surface area (Å²) in [7, 11) is 2.85. The molecule has 0 fully saturated rings. The van der Waals surface area contributed by atoms with Gasteiger partial charge in [-0.2, -0.15) is 0 Å². The maximum Gasteiger partial charge on any atom is 0.338 e. The molecule has 30 heavy (non-hydrogen) atoms. The van der Waals surface area contributed by atoms with Crippen molar-refractivity contribution in [1.82, 2.24) is 10.6 Å². The summed E-state index contributed by atoms with van der Waals surface area (Å²) in [6.45, 7) is 1.89. The summed E-state index contributed by atoms with van der Waals surface area (Å²) in [5.41, 5.74) is 2.21. The molecule has 8 heteroatoms. The highest BCUT2D eigenvalue weighted by Crippen LogP contribution is 2.32. The average Bonchev–Trinajstić information content (AvgIpc) is 2.78. The Morgan fingerprint density at radius 2 is 1.63 bits per heavy atom. The molecule has 1 heterocycles. The van der Waals surface area contributed by atoms with E-state index >= 15 is 0 Å². The van der Waals surface area contributed by atoms with Gasteiger partial charge in [0.15, 0.2) is 0 Å². The zero-order valence-electron chi connectivity index (χ0n) is 16.9. The molecule has 2 aromatic carbocycles. The molecule has 1 aliphatic rings. The Kier molecular flexibility index (Phi) is 6.36. The molecule has 0 bridgehead atoms. The highest BCUT2D eigenvalue weighted by atomic mass is 16.5. The number of rotatable bonds is 6. The average molecular weight is 410 g/mol. The largest absolute Gasteiger partial charge is 0.497 e. The van der Waals surface area contributed by atoms with Crippen LogP contribution >= 0.6 is 0 Å². The van der Waals surface area contributed by atoms with Gasteiger partial charge in [0.1, 0.15) is 5.75 Å². The molecule has 1 aliphatic heterocycles. The van der Waals surface area contributed by atoms with Crippen LogP contribution in [0.1, 0.15) is 34.5 Å². The van der Waals surface area contributed by atoms with Gasteiger partial charge in [0, 0.05) is 0 Å². The van der Waals surface area contributed by atoms with Crippen LogP contribution in [0.5, 0.6) is 5.75 Å². The third-order valence-corrected chi connectivity index (χ3v) is 4.61. The van der Waals surface area contributed by atoms with Crippen LogP contribution in [-0.4, -0.2) is 38.8 Å². The van der Waals surface area contributed by atoms with Crippen molar-refractivity contribution in [3.05, 3.63) is 70.8 Å². The predicted octanol–water partition coefficient (Wildman–Crippen LogP) is 2.81. The normalized spacial score (nSPS) is 15.7. The number of esters is 2. The van der Waals surface area contributed by atoms with Gasteiger partial charge in [-0.25, -0.2) is 14.4 Å². The van der Waals surface area contributed by atoms with E-state index in [1.807, 2.05) is 0 Å². The van der Waals surface area contributed by atoms with Gasteiger partial charge in [-0.3, -0.25) is 0 Å². The second-order valence-electron chi connectivity index (χ2n) is 6.38. The SMILES string of the molecule is CCOC(=O)C1=C(c2ccc(OC)cc2)NC(=O)NC1c1ccc(C(=O)OC)cc1. The van der Waals surface area contributed by atoms with Crippen molar-refractivity contribution in [3.8, 4) is 5.75 Å². The molecule has 3 rings (SSSR count). The van der Waals surface area contributed by atoms with Crippen LogP contribution in [0, 0.1) is 0 Å². The lowest BCUT2D eigenvalue weighted by atomic mass is 9.92. The molecule has 156 valence electrons. The molecule has 0 saturated heterocycles. The number of benzene rings is 2. The Morgan fingerprint density at radius 1 is 0.967 bits per heavy atom. The van der Waals surface area contributed by atoms with E-state index in [0.717, 1.165) is 0 Å². The van der Waals surface area contributed by atoms with Gasteiger partial charge in [-0.1, -0.05) is 12.1 Å². The van der Waals surface area contributed by atoms with Gasteiger partial charge in [0.25, 0.3) is 0 Å². The van der Waals surface area contributed by atoms with E-state index in [2.05, 4.69) is 10.6 Å². The Bertz CT molecular complexity index is 980. The molecule has 0 radical (unpaired) electrons. The first-order valence-corrected chi connectivity index (χ1v) is 9.30. The monoisotopic (exact) mass is 410 g/mol. The van der Waals surface area contributed by atoms with Crippen molar-refractivity contribution in [3.63, 3.8) is 0 Å². The van der Waals surface area contributed by atoms with Crippen molar-refractivity contribution in [2.45, 2.75) is 13.0 Å². The Labute approximate surface area is 173 Å². The highest BCUT2D eigenvalue weighted by molar-refractivity contribution is 6.04. The van der Waals surface area contributed by atoms with E-state index in [0.29, 0.717) is 28.1 Å². The highest BCUT2D eigenvalue weighted by Gasteiger charge is 2.34. The minimum absolute atomic E-state index is 0.181. The third kappa shape index (κ3) is 4.27. The van der Waals surface area contributed by atoms with Crippen LogP contribution in [0.4, 0.5) is 4.79 Å². The number of amides is 2. The minimum Gasteiger partial charge on any atom is -0.497 e. The molecule has 8 nitrogen and oxygen atoms in total. The summed E-state index contributed by atoms with van der Waals surface area (Å²) in [6.07, 6.45) is 0. The Balaban J connectivity index is 2.10. The van der Waals surface area contributed by atoms with E-state index < -0.39 is 24.0 Å². The predicted molar refractivity (Wildman–Crippen MR) is 109 cm³/mol. The van der Waals surface area contributed by atoms with Crippen molar-refractivity contribution in [1.29, 1.82) is 0 Å². The fourth-order valence-electron chi connectivity index (χ4n) is 3.16. The summed E-state index contributed by atoms with van der Waals surface area (Å²) in [6, 6.07) is 12.2. The van der Waals surface area contributed by atoms with Crippen LogP contribution in [0.25, 0.3) is 5.70 Å². The molecule has 0 spiro atoms. The molecule has 2 amide bonds. The minimum atomic E-state index is -0.762. The lowest BCUT2D eigenvalue weighted by molar-refractivity contribution is -0.138. The number of nitrogens with one attached hydrogen (secondary N) is 2. The fourth-order valence-corrected chi connectivity index (χ4v) is 3.16. The molecule has 0 aromatic heterocycles. The quantitative estimate of drug-likeness (QED) is 0.710. The second kappa shape index (κ2) is 9.13. The first-order valence-electron chi connectivity index (χ1n) is 9.30. The number of urea groups is 1. The van der Waals surface area contributed by atoms with Crippen molar-refractivity contribution in [2.75, 3.05) is 20.8 Å². The second-order valence-corrected chi connectivity index (χ2v) is 6.38. The molecule has 2 N–H and O–H groups in total. The molecular formula is C22H22N2O6. The number of ether oxygens (including phenoxy) is 3. The smallest absolute Gasteiger partial charge is 0.338 e. The molecule has 0 saturated carbocycles. The lowest BCUT2D eigenvalue weighted by Crippen LogP contribution is -2.45. The number of carbonyl (C=O) groups is 3. The molecular weight excluding hydrogens is 388 g/mol. The van der Waals surface area contributed by atoms with E-state index in [1.165, 1.54) is 7.11 Å². The molecule has 1 atom stereocenters. The molecule has 2 aromatic rings. The molecule has 1 unspecified atom stereocenters. The van der Waals surface area contributed by atoms with Gasteiger partial charge in [0.05, 0.1) is 43.7 Å². The standard InChI is InChI=1S/C22H22N2O6/c1-4-30-21(26)17-18(13-5-7-15(8-6-13)20(25)29-3)23-22(27)24-19(17)14-9-11-16(28-2)12-10-14/h5-12,18H,4H2,1-3H3,(H2,23,24,27). The van der Waals surface area contributed by atoms with Crippen LogP contribution in [0.3, 0.4) is 0 Å². The summed E-state index contributed by atoms with van der Waals surface area (Å²) in [4.78, 5) is 36.9. The van der Waals surface area contributed by atoms with Crippen LogP contribution in [-0.2, 0) is 14.3 Å². The summed E-state index contributed by atoms with van der Waals surface area (Å²) >= 11 is 0. The Morgan fingerprint density at radius 3 is 2.20 bits per heavy atom. The van der Waals surface area contributed by atoms with E-state index in [4.69, 9.17) is 14.2 Å². The summed E-state index contributed by atoms with van der Waals surface area (Å²) < 4.78 is 15.1. The van der Waals surface area contributed by atoms with Crippen molar-refractivity contribution in [2.24, 2.45) is 0 Å². The number of hydrogen-bond donors (Lipinski definition) is 2. The van der Waals surface area contributed by atoms with E-state index in [9.17, 15) is 14.4 Å². The van der Waals surface area contributed by atoms with Gasteiger partial charge >= 0.3 is 18.0 Å². The summed E-state index contributed by atoms with van der Waals surface area (Å²) in [5.74, 6) is -0.388. The number of carbonyl (C=O) groups excluding carboxylic acids is 3. The molecule has 0 aliphatic carbocycles. The van der Waals surface area contributed by atoms with Gasteiger partial charge in [-0.15, -0.1) is 0 Å². The van der Waals surface area contributed by atoms with Gasteiger partial charge in [0.2, 0.25) is 0 Å². The van der Waals surface area contributed by atoms with Crippen molar-refractivity contribution < 1.29 is 28.6 Å². The first-order chi connectivity index (χ1) is 14.5. The fraction of sp³-hybridized carbons (Fsp3) is 0.227. The van der Waals surface area contributed by atoms with Gasteiger partial charge in [-0.05, 0) is 54.4 Å². The van der Waals surface area contributed by atoms with Crippen LogP contribution < -0.4 is 15.4 Å². The number of methoxy groups -OCH3 is 2. The maximum absolute atomic E-state index is 12.8. The zero-order valence-corrected chi connectivity index (χ0v) is 16.9. The van der Waals surface area contributed by atoms with Crippen LogP contribution in [0.2, 0.25) is 0 Å². The van der Waals surface area contributed by atoms with E-state index in [-0.39, 0.29) is 12.2 Å². The summed E-state index contributed by atoms with van der Waals surface area (Å²) in [5, 5.41) is 5.47. The first kappa shape index (κ1) is 20.9. The van der Waals surface area contributed by atoms with Gasteiger partial charge < -0.3 is 24.8 Å². The Hall–Kier alpha value is -3.81. The number of hydrogen-bond acceptors (Lipinski definition) is 6. The zero-order chi connectivity index (χ0) is 21.7. The lowest BCUT2D eigenvalue weighted by Gasteiger charge is -2.29.